The first kappa shape index (κ1) is 19.3. The van der Waals surface area contributed by atoms with Crippen molar-refractivity contribution >= 4 is 35.0 Å². The number of benzene rings is 2. The van der Waals surface area contributed by atoms with Gasteiger partial charge in [0.15, 0.2) is 16.6 Å². The fraction of sp³-hybridized carbons (Fsp3) is 0.263. The Bertz CT molecular complexity index is 802. The van der Waals surface area contributed by atoms with Crippen molar-refractivity contribution in [2.45, 2.75) is 11.4 Å². The molecule has 0 fully saturated rings. The highest BCUT2D eigenvalue weighted by atomic mass is 32.2. The molecule has 0 radical (unpaired) electrons. The van der Waals surface area contributed by atoms with Crippen molar-refractivity contribution in [3.63, 3.8) is 0 Å². The highest BCUT2D eigenvalue weighted by Gasteiger charge is 2.13. The second kappa shape index (κ2) is 9.48. The van der Waals surface area contributed by atoms with Gasteiger partial charge in [-0.25, -0.2) is 0 Å². The van der Waals surface area contributed by atoms with Gasteiger partial charge in [0.1, 0.15) is 13.2 Å². The number of carbonyl (C=O) groups excluding carboxylic acids is 1. The van der Waals surface area contributed by atoms with Gasteiger partial charge in [-0.3, -0.25) is 15.2 Å². The molecule has 1 aliphatic heterocycles. The van der Waals surface area contributed by atoms with Gasteiger partial charge < -0.3 is 14.8 Å². The van der Waals surface area contributed by atoms with Gasteiger partial charge in [0.25, 0.3) is 0 Å². The minimum absolute atomic E-state index is 0.138. The van der Waals surface area contributed by atoms with Crippen molar-refractivity contribution in [3.8, 4) is 11.5 Å². The van der Waals surface area contributed by atoms with Gasteiger partial charge in [0, 0.05) is 18.5 Å². The van der Waals surface area contributed by atoms with Crippen molar-refractivity contribution in [3.05, 3.63) is 54.1 Å². The molecule has 2 aromatic rings. The summed E-state index contributed by atoms with van der Waals surface area (Å²) in [5.74, 6) is 1.59. The maximum absolute atomic E-state index is 12.2. The Morgan fingerprint density at radius 3 is 2.67 bits per heavy atom. The predicted octanol–water partition coefficient (Wildman–Crippen LogP) is 2.59. The van der Waals surface area contributed by atoms with Crippen LogP contribution in [0.1, 0.15) is 5.56 Å². The molecule has 0 spiro atoms. The van der Waals surface area contributed by atoms with E-state index in [0.717, 1.165) is 22.0 Å². The van der Waals surface area contributed by atoms with E-state index in [4.69, 9.17) is 21.7 Å². The molecule has 0 saturated carbocycles. The predicted molar refractivity (Wildman–Crippen MR) is 110 cm³/mol. The second-order valence-electron chi connectivity index (χ2n) is 5.83. The van der Waals surface area contributed by atoms with Crippen LogP contribution in [0.25, 0.3) is 0 Å². The number of nitrogens with one attached hydrogen (secondary N) is 2. The minimum atomic E-state index is -0.138. The van der Waals surface area contributed by atoms with E-state index in [1.54, 1.807) is 7.05 Å². The number of thioether (sulfide) groups is 1. The zero-order chi connectivity index (χ0) is 19.1. The summed E-state index contributed by atoms with van der Waals surface area (Å²) in [6.07, 6.45) is 0. The zero-order valence-electron chi connectivity index (χ0n) is 14.9. The number of ether oxygens (including phenoxy) is 2. The fourth-order valence-electron chi connectivity index (χ4n) is 2.42. The number of hydrogen-bond donors (Lipinski definition) is 2. The van der Waals surface area contributed by atoms with Crippen molar-refractivity contribution in [1.82, 2.24) is 15.8 Å². The molecule has 1 amide bonds. The number of hydrogen-bond acceptors (Lipinski definition) is 5. The van der Waals surface area contributed by atoms with Gasteiger partial charge in [-0.05, 0) is 36.0 Å². The van der Waals surface area contributed by atoms with Crippen LogP contribution in [-0.4, -0.2) is 42.0 Å². The van der Waals surface area contributed by atoms with Crippen LogP contribution in [0.4, 0.5) is 0 Å². The van der Waals surface area contributed by atoms with E-state index in [1.807, 2.05) is 48.5 Å². The highest BCUT2D eigenvalue weighted by Crippen LogP contribution is 2.34. The summed E-state index contributed by atoms with van der Waals surface area (Å²) in [6, 6.07) is 15.6. The molecule has 0 atom stereocenters. The lowest BCUT2D eigenvalue weighted by molar-refractivity contribution is -0.121. The number of amides is 1. The van der Waals surface area contributed by atoms with E-state index in [9.17, 15) is 4.79 Å². The fourth-order valence-corrected chi connectivity index (χ4v) is 3.26. The number of hydrazine groups is 1. The normalized spacial score (nSPS) is 12.2. The van der Waals surface area contributed by atoms with E-state index in [1.165, 1.54) is 16.8 Å². The Morgan fingerprint density at radius 1 is 1.15 bits per heavy atom. The molecule has 1 aliphatic rings. The van der Waals surface area contributed by atoms with E-state index in [0.29, 0.717) is 24.9 Å². The third-order valence-electron chi connectivity index (χ3n) is 3.77. The lowest BCUT2D eigenvalue weighted by Gasteiger charge is -2.22. The summed E-state index contributed by atoms with van der Waals surface area (Å²) in [6.45, 7) is 1.71. The highest BCUT2D eigenvalue weighted by molar-refractivity contribution is 8.00. The first-order chi connectivity index (χ1) is 13.1. The van der Waals surface area contributed by atoms with E-state index in [2.05, 4.69) is 10.7 Å². The van der Waals surface area contributed by atoms with Crippen LogP contribution in [0.2, 0.25) is 0 Å². The summed E-state index contributed by atoms with van der Waals surface area (Å²) < 4.78 is 11.1. The Balaban J connectivity index is 1.42. The molecule has 2 N–H and O–H groups in total. The van der Waals surface area contributed by atoms with Crippen molar-refractivity contribution in [1.29, 1.82) is 0 Å². The number of nitrogens with zero attached hydrogens (tertiary/aromatic N) is 1. The number of rotatable bonds is 5. The van der Waals surface area contributed by atoms with Crippen LogP contribution in [0.15, 0.2) is 53.4 Å². The van der Waals surface area contributed by atoms with E-state index >= 15 is 0 Å². The smallest absolute Gasteiger partial charge is 0.248 e. The standard InChI is InChI=1S/C19H21N3O3S2/c1-22(19(26)20-12-14-5-3-2-4-6-14)21-18(23)13-27-15-7-8-16-17(11-15)25-10-9-24-16/h2-8,11H,9-10,12-13H2,1H3,(H,20,26)(H,21,23). The Morgan fingerprint density at radius 2 is 1.89 bits per heavy atom. The molecule has 27 heavy (non-hydrogen) atoms. The molecule has 0 aromatic heterocycles. The third kappa shape index (κ3) is 5.77. The van der Waals surface area contributed by atoms with E-state index < -0.39 is 0 Å². The third-order valence-corrected chi connectivity index (χ3v) is 5.18. The van der Waals surface area contributed by atoms with Crippen LogP contribution in [0.5, 0.6) is 11.5 Å². The van der Waals surface area contributed by atoms with Gasteiger partial charge in [-0.15, -0.1) is 11.8 Å². The van der Waals surface area contributed by atoms with Crippen molar-refractivity contribution in [2.24, 2.45) is 0 Å². The molecule has 0 aliphatic carbocycles. The largest absolute Gasteiger partial charge is 0.486 e. The Hall–Kier alpha value is -2.45. The van der Waals surface area contributed by atoms with Crippen LogP contribution in [0.3, 0.4) is 0 Å². The van der Waals surface area contributed by atoms with Crippen LogP contribution < -0.4 is 20.2 Å². The summed E-state index contributed by atoms with van der Waals surface area (Å²) >= 11 is 6.73. The summed E-state index contributed by atoms with van der Waals surface area (Å²) in [5.41, 5.74) is 3.88. The molecule has 6 nitrogen and oxygen atoms in total. The lowest BCUT2D eigenvalue weighted by Crippen LogP contribution is -2.48. The SMILES string of the molecule is CN(NC(=O)CSc1ccc2c(c1)OCCO2)C(=S)NCc1ccccc1. The molecule has 0 unspecified atom stereocenters. The quantitative estimate of drug-likeness (QED) is 0.452. The molecule has 3 rings (SSSR count). The molecule has 8 heteroatoms. The maximum atomic E-state index is 12.2. The van der Waals surface area contributed by atoms with Crippen LogP contribution >= 0.6 is 24.0 Å². The van der Waals surface area contributed by atoms with E-state index in [-0.39, 0.29) is 11.7 Å². The average molecular weight is 404 g/mol. The average Bonchev–Trinajstić information content (AvgIpc) is 2.71. The molecule has 0 bridgehead atoms. The molecule has 0 saturated heterocycles. The van der Waals surface area contributed by atoms with Crippen LogP contribution in [-0.2, 0) is 11.3 Å². The van der Waals surface area contributed by atoms with Crippen molar-refractivity contribution < 1.29 is 14.3 Å². The summed E-state index contributed by atoms with van der Waals surface area (Å²) in [5, 5.41) is 5.09. The number of thiocarbonyl (C=S) groups is 1. The van der Waals surface area contributed by atoms with Gasteiger partial charge in [0.2, 0.25) is 5.91 Å². The van der Waals surface area contributed by atoms with Gasteiger partial charge in [0.05, 0.1) is 5.75 Å². The van der Waals surface area contributed by atoms with Gasteiger partial charge in [-0.1, -0.05) is 30.3 Å². The molecule has 2 aromatic carbocycles. The van der Waals surface area contributed by atoms with Gasteiger partial charge >= 0.3 is 0 Å². The zero-order valence-corrected chi connectivity index (χ0v) is 16.6. The Labute approximate surface area is 168 Å². The van der Waals surface area contributed by atoms with Crippen molar-refractivity contribution in [2.75, 3.05) is 26.0 Å². The first-order valence-electron chi connectivity index (χ1n) is 8.49. The number of fused-ring (bicyclic) bond motifs is 1. The minimum Gasteiger partial charge on any atom is -0.486 e. The number of carbonyl (C=O) groups is 1. The second-order valence-corrected chi connectivity index (χ2v) is 7.27. The lowest BCUT2D eigenvalue weighted by atomic mass is 10.2. The monoisotopic (exact) mass is 403 g/mol. The summed E-state index contributed by atoms with van der Waals surface area (Å²) in [7, 11) is 1.72. The Kier molecular flexibility index (Phi) is 6.78. The topological polar surface area (TPSA) is 62.8 Å². The molecular weight excluding hydrogens is 382 g/mol. The van der Waals surface area contributed by atoms with Crippen LogP contribution in [0, 0.1) is 0 Å². The van der Waals surface area contributed by atoms with Gasteiger partial charge in [-0.2, -0.15) is 0 Å². The molecule has 1 heterocycles. The summed E-state index contributed by atoms with van der Waals surface area (Å²) in [4.78, 5) is 13.1. The maximum Gasteiger partial charge on any atom is 0.248 e. The first-order valence-corrected chi connectivity index (χ1v) is 9.88. The molecular formula is C19H21N3O3S2. The molecule has 142 valence electrons.